The number of β-amino-alcohol motifs (C(OH)–C–C–N with tert-alkyl or cyclic N) is 1. The lowest BCUT2D eigenvalue weighted by Gasteiger charge is -2.23. The molecule has 22 heavy (non-hydrogen) atoms. The lowest BCUT2D eigenvalue weighted by atomic mass is 10.1. The monoisotopic (exact) mass is 311 g/mol. The van der Waals surface area contributed by atoms with E-state index in [1.807, 2.05) is 24.3 Å². The number of aliphatic hydroxyl groups excluding tert-OH is 1. The van der Waals surface area contributed by atoms with Crippen LogP contribution in [0.15, 0.2) is 24.3 Å². The molecule has 1 rings (SSSR count). The van der Waals surface area contributed by atoms with Gasteiger partial charge >= 0.3 is 0 Å². The third kappa shape index (κ3) is 8.34. The first-order valence-corrected chi connectivity index (χ1v) is 7.63. The maximum absolute atomic E-state index is 9.98. The van der Waals surface area contributed by atoms with Gasteiger partial charge in [-0.15, -0.1) is 0 Å². The highest BCUT2D eigenvalue weighted by Crippen LogP contribution is 2.19. The first-order valence-electron chi connectivity index (χ1n) is 7.63. The Bertz CT molecular complexity index is 417. The predicted molar refractivity (Wildman–Crippen MR) is 87.2 cm³/mol. The van der Waals surface area contributed by atoms with Gasteiger partial charge in [-0.25, -0.2) is 0 Å². The predicted octanol–water partition coefficient (Wildman–Crippen LogP) is 1.98. The molecule has 5 nitrogen and oxygen atoms in total. The summed E-state index contributed by atoms with van der Waals surface area (Å²) in [5.41, 5.74) is 0.947. The molecule has 0 saturated carbocycles. The number of para-hydroxylation sites is 1. The lowest BCUT2D eigenvalue weighted by Crippen LogP contribution is -2.42. The second-order valence-electron chi connectivity index (χ2n) is 6.25. The molecule has 0 aliphatic heterocycles. The normalized spacial score (nSPS) is 13.1. The number of aliphatic hydroxyl groups is 1. The van der Waals surface area contributed by atoms with E-state index in [2.05, 4.69) is 26.1 Å². The van der Waals surface area contributed by atoms with Crippen LogP contribution in [0.25, 0.3) is 0 Å². The molecule has 1 unspecified atom stereocenters. The van der Waals surface area contributed by atoms with Gasteiger partial charge in [-0.05, 0) is 26.8 Å². The van der Waals surface area contributed by atoms with Gasteiger partial charge in [0.1, 0.15) is 18.5 Å². The summed E-state index contributed by atoms with van der Waals surface area (Å²) in [7, 11) is 1.65. The maximum Gasteiger partial charge on any atom is 0.124 e. The van der Waals surface area contributed by atoms with Crippen LogP contribution in [0.5, 0.6) is 5.75 Å². The molecular formula is C17H29NO4. The molecule has 0 aliphatic carbocycles. The van der Waals surface area contributed by atoms with Crippen molar-refractivity contribution in [3.8, 4) is 5.75 Å². The Labute approximate surface area is 133 Å². The molecule has 2 N–H and O–H groups in total. The molecule has 0 saturated heterocycles. The van der Waals surface area contributed by atoms with Crippen molar-refractivity contribution in [1.29, 1.82) is 0 Å². The van der Waals surface area contributed by atoms with Crippen molar-refractivity contribution in [2.45, 2.75) is 39.0 Å². The fourth-order valence-electron chi connectivity index (χ4n) is 1.76. The summed E-state index contributed by atoms with van der Waals surface area (Å²) in [5, 5.41) is 13.2. The average Bonchev–Trinajstić information content (AvgIpc) is 2.47. The number of nitrogens with one attached hydrogen (secondary N) is 1. The minimum absolute atomic E-state index is 0.0198. The van der Waals surface area contributed by atoms with Crippen LogP contribution in [-0.4, -0.2) is 50.2 Å². The van der Waals surface area contributed by atoms with Crippen molar-refractivity contribution < 1.29 is 19.3 Å². The number of benzene rings is 1. The molecule has 1 atom stereocenters. The summed E-state index contributed by atoms with van der Waals surface area (Å²) in [6.45, 7) is 8.51. The third-order valence-corrected chi connectivity index (χ3v) is 2.96. The summed E-state index contributed by atoms with van der Waals surface area (Å²) >= 11 is 0. The Kier molecular flexibility index (Phi) is 8.42. The van der Waals surface area contributed by atoms with Gasteiger partial charge in [0.25, 0.3) is 0 Å². The van der Waals surface area contributed by atoms with E-state index < -0.39 is 6.10 Å². The molecule has 0 bridgehead atoms. The molecule has 1 aromatic rings. The van der Waals surface area contributed by atoms with E-state index in [1.54, 1.807) is 7.11 Å². The number of ether oxygens (including phenoxy) is 3. The SMILES string of the molecule is COCCOCc1ccccc1OCC(O)CNC(C)(C)C. The van der Waals surface area contributed by atoms with Gasteiger partial charge in [-0.3, -0.25) is 0 Å². The van der Waals surface area contributed by atoms with Crippen molar-refractivity contribution in [2.24, 2.45) is 0 Å². The van der Waals surface area contributed by atoms with Gasteiger partial charge in [0.15, 0.2) is 0 Å². The second-order valence-corrected chi connectivity index (χ2v) is 6.25. The Morgan fingerprint density at radius 2 is 1.91 bits per heavy atom. The third-order valence-electron chi connectivity index (χ3n) is 2.96. The Hall–Kier alpha value is -1.14. The first-order chi connectivity index (χ1) is 10.4. The molecule has 0 amide bonds. The van der Waals surface area contributed by atoms with Gasteiger partial charge in [0.2, 0.25) is 0 Å². The highest BCUT2D eigenvalue weighted by atomic mass is 16.5. The van der Waals surface area contributed by atoms with E-state index in [0.717, 1.165) is 11.3 Å². The molecule has 5 heteroatoms. The number of rotatable bonds is 10. The fraction of sp³-hybridized carbons (Fsp3) is 0.647. The molecular weight excluding hydrogens is 282 g/mol. The quantitative estimate of drug-likeness (QED) is 0.647. The Balaban J connectivity index is 2.41. The van der Waals surface area contributed by atoms with Crippen molar-refractivity contribution in [2.75, 3.05) is 33.5 Å². The van der Waals surface area contributed by atoms with Crippen LogP contribution in [0, 0.1) is 0 Å². The van der Waals surface area contributed by atoms with Crippen LogP contribution < -0.4 is 10.1 Å². The van der Waals surface area contributed by atoms with Gasteiger partial charge in [0.05, 0.1) is 19.8 Å². The van der Waals surface area contributed by atoms with Crippen LogP contribution in [0.4, 0.5) is 0 Å². The maximum atomic E-state index is 9.98. The van der Waals surface area contributed by atoms with Crippen LogP contribution in [0.3, 0.4) is 0 Å². The fourth-order valence-corrected chi connectivity index (χ4v) is 1.76. The zero-order valence-electron chi connectivity index (χ0n) is 14.1. The lowest BCUT2D eigenvalue weighted by molar-refractivity contribution is 0.0589. The first kappa shape index (κ1) is 18.9. The highest BCUT2D eigenvalue weighted by Gasteiger charge is 2.13. The molecule has 0 aromatic heterocycles. The zero-order valence-corrected chi connectivity index (χ0v) is 14.1. The van der Waals surface area contributed by atoms with E-state index >= 15 is 0 Å². The van der Waals surface area contributed by atoms with E-state index in [1.165, 1.54) is 0 Å². The number of hydrogen-bond donors (Lipinski definition) is 2. The van der Waals surface area contributed by atoms with E-state index in [9.17, 15) is 5.11 Å². The smallest absolute Gasteiger partial charge is 0.124 e. The topological polar surface area (TPSA) is 60.0 Å². The summed E-state index contributed by atoms with van der Waals surface area (Å²) < 4.78 is 16.2. The molecule has 0 heterocycles. The molecule has 126 valence electrons. The standard InChI is InChI=1S/C17H29NO4/c1-17(2,3)18-11-15(19)13-22-16-8-6-5-7-14(16)12-21-10-9-20-4/h5-8,15,18-19H,9-13H2,1-4H3. The van der Waals surface area contributed by atoms with Crippen LogP contribution in [0.2, 0.25) is 0 Å². The molecule has 0 spiro atoms. The molecule has 0 radical (unpaired) electrons. The average molecular weight is 311 g/mol. The second kappa shape index (κ2) is 9.79. The number of methoxy groups -OCH3 is 1. The van der Waals surface area contributed by atoms with Gasteiger partial charge in [-0.1, -0.05) is 18.2 Å². The van der Waals surface area contributed by atoms with Crippen LogP contribution >= 0.6 is 0 Å². The largest absolute Gasteiger partial charge is 0.490 e. The summed E-state index contributed by atoms with van der Waals surface area (Å²) in [4.78, 5) is 0. The molecule has 1 aromatic carbocycles. The van der Waals surface area contributed by atoms with Gasteiger partial charge < -0.3 is 24.6 Å². The van der Waals surface area contributed by atoms with Crippen molar-refractivity contribution in [3.05, 3.63) is 29.8 Å². The Morgan fingerprint density at radius 3 is 2.59 bits per heavy atom. The summed E-state index contributed by atoms with van der Waals surface area (Å²) in [6, 6.07) is 7.70. The highest BCUT2D eigenvalue weighted by molar-refractivity contribution is 5.32. The zero-order chi connectivity index (χ0) is 16.4. The van der Waals surface area contributed by atoms with E-state index in [0.29, 0.717) is 26.4 Å². The van der Waals surface area contributed by atoms with E-state index in [-0.39, 0.29) is 12.1 Å². The van der Waals surface area contributed by atoms with Gasteiger partial charge in [0, 0.05) is 24.8 Å². The Morgan fingerprint density at radius 1 is 1.18 bits per heavy atom. The summed E-state index contributed by atoms with van der Waals surface area (Å²) in [5.74, 6) is 0.745. The molecule has 0 fully saturated rings. The van der Waals surface area contributed by atoms with Crippen molar-refractivity contribution in [1.82, 2.24) is 5.32 Å². The van der Waals surface area contributed by atoms with E-state index in [4.69, 9.17) is 14.2 Å². The van der Waals surface area contributed by atoms with Crippen LogP contribution in [-0.2, 0) is 16.1 Å². The minimum Gasteiger partial charge on any atom is -0.490 e. The van der Waals surface area contributed by atoms with Crippen molar-refractivity contribution >= 4 is 0 Å². The number of hydrogen-bond acceptors (Lipinski definition) is 5. The summed E-state index contributed by atoms with van der Waals surface area (Å²) in [6.07, 6.45) is -0.554. The van der Waals surface area contributed by atoms with Crippen LogP contribution in [0.1, 0.15) is 26.3 Å². The van der Waals surface area contributed by atoms with Crippen molar-refractivity contribution in [3.63, 3.8) is 0 Å². The minimum atomic E-state index is -0.554. The van der Waals surface area contributed by atoms with Gasteiger partial charge in [-0.2, -0.15) is 0 Å². The molecule has 0 aliphatic rings.